The Morgan fingerprint density at radius 2 is 2.12 bits per heavy atom. The molecule has 1 nitrogen and oxygen atoms in total. The minimum Gasteiger partial charge on any atom is -0.501 e. The first kappa shape index (κ1) is 12.0. The second-order valence-electron chi connectivity index (χ2n) is 5.87. The van der Waals surface area contributed by atoms with Crippen LogP contribution in [-0.2, 0) is 4.74 Å². The van der Waals surface area contributed by atoms with Crippen molar-refractivity contribution in [3.8, 4) is 0 Å². The Morgan fingerprint density at radius 3 is 2.82 bits per heavy atom. The van der Waals surface area contributed by atoms with Crippen molar-refractivity contribution < 1.29 is 4.74 Å². The lowest BCUT2D eigenvalue weighted by atomic mass is 9.86. The highest BCUT2D eigenvalue weighted by Crippen LogP contribution is 2.50. The van der Waals surface area contributed by atoms with Crippen molar-refractivity contribution in [2.24, 2.45) is 5.92 Å². The molecule has 0 radical (unpaired) electrons. The summed E-state index contributed by atoms with van der Waals surface area (Å²) in [6.07, 6.45) is 14.5. The monoisotopic (exact) mass is 252 g/mol. The lowest BCUT2D eigenvalue weighted by Crippen LogP contribution is -2.15. The van der Waals surface area contributed by atoms with Crippen molar-refractivity contribution in [1.82, 2.24) is 0 Å². The summed E-state index contributed by atoms with van der Waals surface area (Å²) in [5.41, 5.74) is 1.54. The predicted octanol–water partition coefficient (Wildman–Crippen LogP) is 4.53. The third-order valence-electron chi connectivity index (χ3n) is 4.56. The van der Waals surface area contributed by atoms with Gasteiger partial charge in [0.05, 0.1) is 12.9 Å². The highest BCUT2D eigenvalue weighted by molar-refractivity contribution is 8.01. The summed E-state index contributed by atoms with van der Waals surface area (Å²) in [5.74, 6) is 1.02. The molecule has 3 atom stereocenters. The molecule has 0 amide bonds. The normalized spacial score (nSPS) is 35.5. The van der Waals surface area contributed by atoms with E-state index in [-0.39, 0.29) is 0 Å². The minimum absolute atomic E-state index is 0.946. The maximum atomic E-state index is 5.69. The quantitative estimate of drug-likeness (QED) is 0.525. The van der Waals surface area contributed by atoms with E-state index in [4.69, 9.17) is 4.74 Å². The third kappa shape index (κ3) is 3.01. The van der Waals surface area contributed by atoms with Gasteiger partial charge in [0.2, 0.25) is 0 Å². The molecule has 2 saturated heterocycles. The zero-order valence-electron chi connectivity index (χ0n) is 10.7. The molecule has 2 heteroatoms. The Bertz CT molecular complexity index is 279. The summed E-state index contributed by atoms with van der Waals surface area (Å²) in [4.78, 5) is 0. The average Bonchev–Trinajstić information content (AvgIpc) is 3.05. The van der Waals surface area contributed by atoms with Crippen LogP contribution in [-0.4, -0.2) is 17.1 Å². The predicted molar refractivity (Wildman–Crippen MR) is 74.2 cm³/mol. The van der Waals surface area contributed by atoms with Crippen LogP contribution in [0, 0.1) is 5.92 Å². The van der Waals surface area contributed by atoms with Crippen LogP contribution >= 0.6 is 11.8 Å². The molecule has 3 rings (SSSR count). The summed E-state index contributed by atoms with van der Waals surface area (Å²) in [5, 5.41) is 2.03. The van der Waals surface area contributed by atoms with Gasteiger partial charge in [-0.25, -0.2) is 0 Å². The van der Waals surface area contributed by atoms with E-state index in [2.05, 4.69) is 18.0 Å². The molecular formula is C15H24OS. The Kier molecular flexibility index (Phi) is 4.00. The van der Waals surface area contributed by atoms with Gasteiger partial charge in [-0.3, -0.25) is 0 Å². The number of ether oxygens (including phenoxy) is 1. The summed E-state index contributed by atoms with van der Waals surface area (Å²) < 4.78 is 5.69. The molecule has 3 unspecified atom stereocenters. The molecule has 2 bridgehead atoms. The number of thioether (sulfide) groups is 1. The second kappa shape index (κ2) is 5.69. The highest BCUT2D eigenvalue weighted by Gasteiger charge is 2.39. The zero-order chi connectivity index (χ0) is 11.5. The van der Waals surface area contributed by atoms with Crippen LogP contribution in [0.5, 0.6) is 0 Å². The van der Waals surface area contributed by atoms with Crippen LogP contribution in [0.4, 0.5) is 0 Å². The van der Waals surface area contributed by atoms with Gasteiger partial charge in [0.1, 0.15) is 0 Å². The van der Waals surface area contributed by atoms with Gasteiger partial charge < -0.3 is 4.74 Å². The molecule has 3 aliphatic rings. The second-order valence-corrected chi connectivity index (χ2v) is 7.41. The summed E-state index contributed by atoms with van der Waals surface area (Å²) >= 11 is 2.27. The van der Waals surface area contributed by atoms with Crippen LogP contribution in [0.1, 0.15) is 57.8 Å². The van der Waals surface area contributed by atoms with E-state index in [0.717, 1.165) is 23.0 Å². The first-order chi connectivity index (χ1) is 8.42. The van der Waals surface area contributed by atoms with Crippen molar-refractivity contribution in [3.63, 3.8) is 0 Å². The fraction of sp³-hybridized carbons (Fsp3) is 0.867. The van der Waals surface area contributed by atoms with Gasteiger partial charge in [0.25, 0.3) is 0 Å². The smallest absolute Gasteiger partial charge is 0.0873 e. The van der Waals surface area contributed by atoms with Crippen molar-refractivity contribution in [2.75, 3.05) is 6.61 Å². The Balaban J connectivity index is 1.29. The van der Waals surface area contributed by atoms with Crippen LogP contribution < -0.4 is 0 Å². The highest BCUT2D eigenvalue weighted by atomic mass is 32.2. The molecule has 2 aliphatic heterocycles. The lowest BCUT2D eigenvalue weighted by molar-refractivity contribution is 0.225. The Hall–Kier alpha value is -0.110. The molecule has 1 aliphatic carbocycles. The minimum atomic E-state index is 0.946. The summed E-state index contributed by atoms with van der Waals surface area (Å²) in [6, 6.07) is 0. The van der Waals surface area contributed by atoms with Crippen molar-refractivity contribution >= 4 is 11.8 Å². The van der Waals surface area contributed by atoms with Gasteiger partial charge in [-0.05, 0) is 69.3 Å². The fourth-order valence-corrected chi connectivity index (χ4v) is 5.47. The zero-order valence-corrected chi connectivity index (χ0v) is 11.5. The van der Waals surface area contributed by atoms with Crippen molar-refractivity contribution in [1.29, 1.82) is 0 Å². The van der Waals surface area contributed by atoms with Gasteiger partial charge in [-0.2, -0.15) is 11.8 Å². The van der Waals surface area contributed by atoms with E-state index >= 15 is 0 Å². The molecule has 96 valence electrons. The Labute approximate surface area is 109 Å². The van der Waals surface area contributed by atoms with Crippen molar-refractivity contribution in [3.05, 3.63) is 11.8 Å². The molecule has 1 saturated carbocycles. The molecule has 0 aromatic carbocycles. The molecule has 2 heterocycles. The van der Waals surface area contributed by atoms with Crippen LogP contribution in [0.25, 0.3) is 0 Å². The van der Waals surface area contributed by atoms with E-state index in [9.17, 15) is 0 Å². The van der Waals surface area contributed by atoms with Crippen LogP contribution in [0.2, 0.25) is 0 Å². The van der Waals surface area contributed by atoms with Gasteiger partial charge >= 0.3 is 0 Å². The summed E-state index contributed by atoms with van der Waals surface area (Å²) in [6.45, 7) is 0.946. The summed E-state index contributed by atoms with van der Waals surface area (Å²) in [7, 11) is 0. The van der Waals surface area contributed by atoms with Crippen LogP contribution in [0.3, 0.4) is 0 Å². The fourth-order valence-electron chi connectivity index (χ4n) is 3.60. The molecule has 0 N–H and O–H groups in total. The maximum absolute atomic E-state index is 5.69. The number of rotatable bonds is 5. The van der Waals surface area contributed by atoms with Crippen LogP contribution in [0.15, 0.2) is 11.8 Å². The van der Waals surface area contributed by atoms with E-state index in [1.165, 1.54) is 57.8 Å². The van der Waals surface area contributed by atoms with Gasteiger partial charge in [-0.15, -0.1) is 0 Å². The molecule has 17 heavy (non-hydrogen) atoms. The number of hydrogen-bond acceptors (Lipinski definition) is 2. The first-order valence-electron chi connectivity index (χ1n) is 7.37. The molecule has 3 fully saturated rings. The molecule has 0 aromatic heterocycles. The van der Waals surface area contributed by atoms with Gasteiger partial charge in [-0.1, -0.05) is 0 Å². The van der Waals surface area contributed by atoms with Crippen molar-refractivity contribution in [2.45, 2.75) is 68.3 Å². The first-order valence-corrected chi connectivity index (χ1v) is 8.31. The number of hydrogen-bond donors (Lipinski definition) is 0. The lowest BCUT2D eigenvalue weighted by Gasteiger charge is -2.19. The van der Waals surface area contributed by atoms with E-state index in [1.54, 1.807) is 5.57 Å². The topological polar surface area (TPSA) is 9.23 Å². The third-order valence-corrected chi connectivity index (χ3v) is 6.35. The number of fused-ring (bicyclic) bond motifs is 2. The SMILES string of the molecule is C(OCCCC1CC2CCC1S2)=C1CCCC1. The van der Waals surface area contributed by atoms with Gasteiger partial charge in [0, 0.05) is 10.5 Å². The molecule has 0 aromatic rings. The number of allylic oxidation sites excluding steroid dienone is 1. The standard InChI is InChI=1S/C15H24OS/c1-2-5-12(4-1)11-16-9-3-6-13-10-14-7-8-15(13)17-14/h11,13-15H,1-10H2. The largest absolute Gasteiger partial charge is 0.501 e. The van der Waals surface area contributed by atoms with Gasteiger partial charge in [0.15, 0.2) is 0 Å². The maximum Gasteiger partial charge on any atom is 0.0873 e. The average molecular weight is 252 g/mol. The van der Waals surface area contributed by atoms with E-state index in [1.807, 2.05) is 0 Å². The Morgan fingerprint density at radius 1 is 1.24 bits per heavy atom. The molecular weight excluding hydrogens is 228 g/mol. The van der Waals surface area contributed by atoms with E-state index < -0.39 is 0 Å². The van der Waals surface area contributed by atoms with E-state index in [0.29, 0.717) is 0 Å². The molecule has 0 spiro atoms.